The normalized spacial score (nSPS) is 12.3. The van der Waals surface area contributed by atoms with Crippen LogP contribution < -0.4 is 9.80 Å². The Morgan fingerprint density at radius 1 is 0.250 bits per heavy atom. The molecule has 10 nitrogen and oxygen atoms in total. The van der Waals surface area contributed by atoms with Gasteiger partial charge in [-0.25, -0.2) is 19.9 Å². The molecule has 8 heterocycles. The zero-order chi connectivity index (χ0) is 50.4. The molecular formula is C64H40N10S2. The van der Waals surface area contributed by atoms with E-state index in [1.165, 1.54) is 19.6 Å². The Hall–Kier alpha value is -9.62. The minimum Gasteiger partial charge on any atom is -0.308 e. The molecule has 0 N–H and O–H groups in total. The lowest BCUT2D eigenvalue weighted by Crippen LogP contribution is -2.17. The van der Waals surface area contributed by atoms with Crippen LogP contribution in [0.1, 0.15) is 0 Å². The van der Waals surface area contributed by atoms with Gasteiger partial charge in [0.05, 0.1) is 68.3 Å². The van der Waals surface area contributed by atoms with E-state index >= 15 is 0 Å². The van der Waals surface area contributed by atoms with E-state index in [-0.39, 0.29) is 0 Å². The van der Waals surface area contributed by atoms with E-state index in [4.69, 9.17) is 39.9 Å². The zero-order valence-corrected chi connectivity index (χ0v) is 42.0. The van der Waals surface area contributed by atoms with Crippen LogP contribution in [-0.2, 0) is 0 Å². The largest absolute Gasteiger partial charge is 0.308 e. The Kier molecular flexibility index (Phi) is 11.5. The number of hydrogen-bond donors (Lipinski definition) is 0. The maximum atomic E-state index is 5.30. The van der Waals surface area contributed by atoms with Gasteiger partial charge in [-0.05, 0) is 157 Å². The Morgan fingerprint density at radius 3 is 0.855 bits per heavy atom. The van der Waals surface area contributed by atoms with Crippen LogP contribution in [0.2, 0.25) is 0 Å². The highest BCUT2D eigenvalue weighted by Gasteiger charge is 2.29. The van der Waals surface area contributed by atoms with E-state index in [0.717, 1.165) is 56.4 Å². The second kappa shape index (κ2) is 19.3. The number of para-hydroxylation sites is 4. The van der Waals surface area contributed by atoms with Crippen molar-refractivity contribution in [3.8, 4) is 79.5 Å². The highest BCUT2D eigenvalue weighted by molar-refractivity contribution is 8.00. The minimum atomic E-state index is 0.487. The summed E-state index contributed by atoms with van der Waals surface area (Å²) < 4.78 is 0. The summed E-state index contributed by atoms with van der Waals surface area (Å²) in [5.74, 6) is 0.974. The van der Waals surface area contributed by atoms with Crippen LogP contribution in [0, 0.1) is 0 Å². The third-order valence-corrected chi connectivity index (χ3v) is 15.5. The second-order valence-corrected chi connectivity index (χ2v) is 20.2. The van der Waals surface area contributed by atoms with Gasteiger partial charge in [0, 0.05) is 66.9 Å². The molecule has 2 aliphatic heterocycles. The molecule has 2 aliphatic rings. The molecule has 6 aromatic carbocycles. The Balaban J connectivity index is 1.06. The first-order chi connectivity index (χ1) is 37.6. The molecule has 0 unspecified atom stereocenters. The quantitative estimate of drug-likeness (QED) is 0.137. The van der Waals surface area contributed by atoms with E-state index in [1.807, 2.05) is 84.9 Å². The van der Waals surface area contributed by atoms with Crippen molar-refractivity contribution >= 4 is 57.6 Å². The summed E-state index contributed by atoms with van der Waals surface area (Å²) >= 11 is 3.58. The van der Waals surface area contributed by atoms with Crippen LogP contribution in [0.15, 0.2) is 263 Å². The maximum Gasteiger partial charge on any atom is 0.160 e. The number of hydrogen-bond acceptors (Lipinski definition) is 12. The molecule has 0 atom stereocenters. The third kappa shape index (κ3) is 8.50. The number of nitrogens with zero attached hydrogens (tertiary/aromatic N) is 10. The third-order valence-electron chi connectivity index (χ3n) is 13.2. The van der Waals surface area contributed by atoms with Crippen LogP contribution >= 0.6 is 23.5 Å². The SMILES string of the molecule is c1ccc(-c2cc(-c3ccccn3)nc(-c3cc(-c4cc(N5c6ccccc6Sc6ccccc65)cc(N5c6ccccc6Sc6ccccc65)c4)cc(-c4nc(-c5ccccn5)cc(-c5ccccn5)n4)c3)n2)nc1. The smallest absolute Gasteiger partial charge is 0.160 e. The van der Waals surface area contributed by atoms with Gasteiger partial charge in [-0.3, -0.25) is 19.9 Å². The molecular weight excluding hydrogens is 973 g/mol. The lowest BCUT2D eigenvalue weighted by atomic mass is 9.96. The van der Waals surface area contributed by atoms with Gasteiger partial charge in [0.15, 0.2) is 11.6 Å². The number of rotatable bonds is 9. The summed E-state index contributed by atoms with van der Waals surface area (Å²) in [7, 11) is 0. The fourth-order valence-electron chi connectivity index (χ4n) is 9.77. The molecule has 76 heavy (non-hydrogen) atoms. The van der Waals surface area contributed by atoms with Gasteiger partial charge in [-0.15, -0.1) is 0 Å². The molecule has 0 saturated carbocycles. The van der Waals surface area contributed by atoms with Gasteiger partial charge in [0.2, 0.25) is 0 Å². The van der Waals surface area contributed by atoms with Crippen molar-refractivity contribution in [3.05, 3.63) is 243 Å². The van der Waals surface area contributed by atoms with Crippen molar-refractivity contribution in [1.29, 1.82) is 0 Å². The molecule has 0 bridgehead atoms. The summed E-state index contributed by atoms with van der Waals surface area (Å²) in [6.07, 6.45) is 7.12. The maximum absolute atomic E-state index is 5.30. The van der Waals surface area contributed by atoms with Crippen LogP contribution in [0.3, 0.4) is 0 Å². The molecule has 0 saturated heterocycles. The number of aromatic nitrogens is 8. The second-order valence-electron chi connectivity index (χ2n) is 18.1. The van der Waals surface area contributed by atoms with Gasteiger partial charge in [0.25, 0.3) is 0 Å². The first-order valence-electron chi connectivity index (χ1n) is 24.7. The van der Waals surface area contributed by atoms with Crippen molar-refractivity contribution in [3.63, 3.8) is 0 Å². The van der Waals surface area contributed by atoms with Crippen molar-refractivity contribution in [2.45, 2.75) is 19.6 Å². The lowest BCUT2D eigenvalue weighted by molar-refractivity contribution is 1.14. The zero-order valence-electron chi connectivity index (χ0n) is 40.4. The molecule has 14 rings (SSSR count). The van der Waals surface area contributed by atoms with E-state index in [9.17, 15) is 0 Å². The molecule has 0 radical (unpaired) electrons. The topological polar surface area (TPSA) is 110 Å². The van der Waals surface area contributed by atoms with Crippen molar-refractivity contribution in [2.24, 2.45) is 0 Å². The average Bonchev–Trinajstić information content (AvgIpc) is 3.50. The summed E-state index contributed by atoms with van der Waals surface area (Å²) in [4.78, 5) is 49.6. The summed E-state index contributed by atoms with van der Waals surface area (Å²) in [5, 5.41) is 0. The summed E-state index contributed by atoms with van der Waals surface area (Å²) in [5.41, 5.74) is 15.2. The molecule has 12 aromatic rings. The first-order valence-corrected chi connectivity index (χ1v) is 26.3. The monoisotopic (exact) mass is 1010 g/mol. The first kappa shape index (κ1) is 45.0. The van der Waals surface area contributed by atoms with Gasteiger partial charge in [-0.1, -0.05) is 96.3 Å². The molecule has 0 aliphatic carbocycles. The fourth-order valence-corrected chi connectivity index (χ4v) is 11.9. The fraction of sp³-hybridized carbons (Fsp3) is 0. The summed E-state index contributed by atoms with van der Waals surface area (Å²) in [6.45, 7) is 0. The number of anilines is 6. The molecule has 6 aromatic heterocycles. The van der Waals surface area contributed by atoms with Crippen molar-refractivity contribution in [1.82, 2.24) is 39.9 Å². The standard InChI is InChI=1S/C64H40N10S2/c1-5-25-59-55(21-1)73(56-22-2-6-26-60(56)75-59)45-36-42(37-46(38-45)74-57-23-3-7-27-61(57)76-62-28-8-4-24-58(62)74)41-33-43(63-69-51(47-17-9-13-29-65-47)39-52(70-63)48-18-10-14-30-66-48)35-44(34-41)64-71-53(49-19-11-15-31-67-49)40-54(72-64)50-20-12-16-32-68-50/h1-40H. The van der Waals surface area contributed by atoms with E-state index < -0.39 is 0 Å². The van der Waals surface area contributed by atoms with Crippen LogP contribution in [0.4, 0.5) is 34.1 Å². The molecule has 0 amide bonds. The highest BCUT2D eigenvalue weighted by atomic mass is 32.2. The van der Waals surface area contributed by atoms with E-state index in [1.54, 1.807) is 48.3 Å². The van der Waals surface area contributed by atoms with Crippen molar-refractivity contribution < 1.29 is 0 Å². The van der Waals surface area contributed by atoms with Gasteiger partial charge < -0.3 is 9.80 Å². The van der Waals surface area contributed by atoms with Crippen molar-refractivity contribution in [2.75, 3.05) is 9.80 Å². The molecule has 0 spiro atoms. The van der Waals surface area contributed by atoms with Gasteiger partial charge in [-0.2, -0.15) is 0 Å². The number of fused-ring (bicyclic) bond motifs is 4. The van der Waals surface area contributed by atoms with E-state index in [0.29, 0.717) is 57.2 Å². The van der Waals surface area contributed by atoms with Crippen LogP contribution in [0.25, 0.3) is 79.5 Å². The van der Waals surface area contributed by atoms with Crippen LogP contribution in [-0.4, -0.2) is 39.9 Å². The predicted octanol–water partition coefficient (Wildman–Crippen LogP) is 16.4. The highest BCUT2D eigenvalue weighted by Crippen LogP contribution is 2.55. The molecule has 358 valence electrons. The molecule has 12 heteroatoms. The average molecular weight is 1010 g/mol. The van der Waals surface area contributed by atoms with E-state index in [2.05, 4.69) is 143 Å². The summed E-state index contributed by atoms with van der Waals surface area (Å²) in [6, 6.07) is 75.1. The Labute approximate surface area is 447 Å². The lowest BCUT2D eigenvalue weighted by Gasteiger charge is -2.36. The van der Waals surface area contributed by atoms with Crippen LogP contribution in [0.5, 0.6) is 0 Å². The Morgan fingerprint density at radius 2 is 0.539 bits per heavy atom. The van der Waals surface area contributed by atoms with Gasteiger partial charge in [0.1, 0.15) is 0 Å². The number of benzene rings is 6. The Bertz CT molecular complexity index is 3680. The molecule has 0 fully saturated rings. The minimum absolute atomic E-state index is 0.487. The number of pyridine rings is 4. The van der Waals surface area contributed by atoms with Gasteiger partial charge >= 0.3 is 0 Å². The predicted molar refractivity (Wildman–Crippen MR) is 304 cm³/mol.